The van der Waals surface area contributed by atoms with Crippen molar-refractivity contribution < 1.29 is 8.76 Å². The van der Waals surface area contributed by atoms with Gasteiger partial charge in [0.2, 0.25) is 11.3 Å². The Labute approximate surface area is 168 Å². The molecule has 3 aromatic rings. The van der Waals surface area contributed by atoms with Crippen LogP contribution < -0.4 is 4.72 Å². The van der Waals surface area contributed by atoms with Crippen LogP contribution in [0.2, 0.25) is 0 Å². The Morgan fingerprint density at radius 3 is 2.43 bits per heavy atom. The maximum absolute atomic E-state index is 11.8. The van der Waals surface area contributed by atoms with Crippen LogP contribution >= 0.6 is 0 Å². The first kappa shape index (κ1) is 19.1. The summed E-state index contributed by atoms with van der Waals surface area (Å²) in [6.45, 7) is 2.21. The summed E-state index contributed by atoms with van der Waals surface area (Å²) in [5.74, 6) is 0. The van der Waals surface area contributed by atoms with E-state index in [0.29, 0.717) is 0 Å². The zero-order chi connectivity index (χ0) is 19.5. The third kappa shape index (κ3) is 3.55. The molecule has 3 aromatic carbocycles. The Bertz CT molecular complexity index is 1040. The molecule has 0 aromatic heterocycles. The zero-order valence-electron chi connectivity index (χ0n) is 16.0. The van der Waals surface area contributed by atoms with Gasteiger partial charge in [0, 0.05) is 0 Å². The van der Waals surface area contributed by atoms with Crippen LogP contribution in [0.5, 0.6) is 0 Å². The second kappa shape index (κ2) is 8.39. The van der Waals surface area contributed by atoms with Crippen molar-refractivity contribution in [1.82, 2.24) is 4.72 Å². The van der Waals surface area contributed by atoms with Crippen LogP contribution in [-0.4, -0.2) is 8.76 Å². The van der Waals surface area contributed by atoms with Crippen LogP contribution in [-0.2, 0) is 11.3 Å². The van der Waals surface area contributed by atoms with Gasteiger partial charge in [0.25, 0.3) is 0 Å². The van der Waals surface area contributed by atoms with E-state index in [1.165, 1.54) is 28.3 Å². The quantitative estimate of drug-likeness (QED) is 0.377. The van der Waals surface area contributed by atoms with Crippen molar-refractivity contribution in [1.29, 1.82) is 0 Å². The number of benzene rings is 3. The van der Waals surface area contributed by atoms with E-state index in [1.54, 1.807) is 0 Å². The van der Waals surface area contributed by atoms with E-state index in [-0.39, 0.29) is 6.04 Å². The molecule has 0 bridgehead atoms. The van der Waals surface area contributed by atoms with Gasteiger partial charge in [-0.3, -0.25) is 4.55 Å². The Hall–Kier alpha value is -2.27. The highest BCUT2D eigenvalue weighted by molar-refractivity contribution is 7.77. The fraction of sp³-hybridized carbons (Fsp3) is 0.250. The number of hydrogen-bond acceptors (Lipinski definition) is 1. The molecule has 3 nitrogen and oxygen atoms in total. The lowest BCUT2D eigenvalue weighted by atomic mass is 9.77. The van der Waals surface area contributed by atoms with E-state index in [1.807, 2.05) is 24.3 Å². The van der Waals surface area contributed by atoms with Crippen LogP contribution in [0.25, 0.3) is 21.9 Å². The Balaban J connectivity index is 2.00. The minimum Gasteiger partial charge on any atom is -0.294 e. The SMILES string of the molecule is CCCCCC1=C(c2ccccc2)C(NS(=O)O)c2cccc3cccc1c23. The predicted molar refractivity (Wildman–Crippen MR) is 118 cm³/mol. The van der Waals surface area contributed by atoms with Crippen molar-refractivity contribution in [2.75, 3.05) is 0 Å². The average molecular weight is 392 g/mol. The van der Waals surface area contributed by atoms with Crippen LogP contribution in [0.3, 0.4) is 0 Å². The van der Waals surface area contributed by atoms with E-state index in [9.17, 15) is 8.76 Å². The third-order valence-corrected chi connectivity index (χ3v) is 5.96. The van der Waals surface area contributed by atoms with E-state index in [0.717, 1.165) is 36.0 Å². The minimum atomic E-state index is -2.11. The van der Waals surface area contributed by atoms with Crippen LogP contribution in [0, 0.1) is 0 Å². The summed E-state index contributed by atoms with van der Waals surface area (Å²) in [6.07, 6.45) is 4.40. The summed E-state index contributed by atoms with van der Waals surface area (Å²) in [5, 5.41) is 2.37. The van der Waals surface area contributed by atoms with Crippen molar-refractivity contribution in [3.05, 3.63) is 83.4 Å². The molecule has 4 rings (SSSR count). The molecule has 1 aliphatic rings. The molecule has 2 N–H and O–H groups in total. The standard InChI is InChI=1S/C24H25NO2S/c1-2-3-5-14-20-19-15-8-12-17-13-9-16-21(22(17)19)24(25-28(26)27)23(20)18-10-6-4-7-11-18/h4,6-13,15-16,24-25H,2-3,5,14H2,1H3,(H,26,27). The van der Waals surface area contributed by atoms with E-state index < -0.39 is 11.3 Å². The number of hydrogen-bond donors (Lipinski definition) is 2. The fourth-order valence-electron chi connectivity index (χ4n) is 4.34. The molecule has 0 amide bonds. The van der Waals surface area contributed by atoms with Crippen molar-refractivity contribution >= 4 is 33.2 Å². The van der Waals surface area contributed by atoms with Gasteiger partial charge in [-0.05, 0) is 51.5 Å². The second-order valence-corrected chi connectivity index (χ2v) is 8.00. The monoisotopic (exact) mass is 391 g/mol. The maximum Gasteiger partial charge on any atom is 0.232 e. The molecule has 2 atom stereocenters. The number of allylic oxidation sites excluding steroid dienone is 1. The molecule has 4 heteroatoms. The first-order valence-electron chi connectivity index (χ1n) is 9.88. The van der Waals surface area contributed by atoms with Gasteiger partial charge in [-0.2, -0.15) is 0 Å². The summed E-state index contributed by atoms with van der Waals surface area (Å²) in [4.78, 5) is 0. The molecule has 0 radical (unpaired) electrons. The number of rotatable bonds is 7. The summed E-state index contributed by atoms with van der Waals surface area (Å²) in [6, 6.07) is 22.6. The largest absolute Gasteiger partial charge is 0.294 e. The molecule has 2 unspecified atom stereocenters. The van der Waals surface area contributed by atoms with Crippen molar-refractivity contribution in [3.8, 4) is 0 Å². The molecule has 0 heterocycles. The smallest absolute Gasteiger partial charge is 0.232 e. The Morgan fingerprint density at radius 1 is 0.964 bits per heavy atom. The predicted octanol–water partition coefficient (Wildman–Crippen LogP) is 6.11. The number of nitrogens with one attached hydrogen (secondary N) is 1. The lowest BCUT2D eigenvalue weighted by molar-refractivity contribution is 0.543. The van der Waals surface area contributed by atoms with Gasteiger partial charge in [-0.25, -0.2) is 8.93 Å². The van der Waals surface area contributed by atoms with Crippen LogP contribution in [0.4, 0.5) is 0 Å². The summed E-state index contributed by atoms with van der Waals surface area (Å²) >= 11 is -2.11. The molecular formula is C24H25NO2S. The molecule has 0 aliphatic heterocycles. The van der Waals surface area contributed by atoms with Crippen molar-refractivity contribution in [2.24, 2.45) is 0 Å². The van der Waals surface area contributed by atoms with Gasteiger partial charge in [-0.1, -0.05) is 86.5 Å². The normalized spacial score (nSPS) is 17.1. The highest BCUT2D eigenvalue weighted by Crippen LogP contribution is 2.47. The van der Waals surface area contributed by atoms with E-state index in [4.69, 9.17) is 0 Å². The lowest BCUT2D eigenvalue weighted by Gasteiger charge is -2.31. The zero-order valence-corrected chi connectivity index (χ0v) is 16.8. The molecule has 0 saturated carbocycles. The van der Waals surface area contributed by atoms with Gasteiger partial charge in [-0.15, -0.1) is 0 Å². The summed E-state index contributed by atoms with van der Waals surface area (Å²) in [5.41, 5.74) is 5.82. The van der Waals surface area contributed by atoms with Crippen LogP contribution in [0.15, 0.2) is 66.7 Å². The lowest BCUT2D eigenvalue weighted by Crippen LogP contribution is -2.27. The Kier molecular flexibility index (Phi) is 5.72. The van der Waals surface area contributed by atoms with E-state index >= 15 is 0 Å². The van der Waals surface area contributed by atoms with Crippen LogP contribution in [0.1, 0.15) is 55.3 Å². The summed E-state index contributed by atoms with van der Waals surface area (Å²) in [7, 11) is 0. The second-order valence-electron chi connectivity index (χ2n) is 7.27. The molecule has 1 aliphatic carbocycles. The van der Waals surface area contributed by atoms with Gasteiger partial charge in [0.05, 0.1) is 6.04 Å². The molecule has 0 saturated heterocycles. The maximum atomic E-state index is 11.8. The van der Waals surface area contributed by atoms with Gasteiger partial charge >= 0.3 is 0 Å². The third-order valence-electron chi connectivity index (χ3n) is 5.52. The van der Waals surface area contributed by atoms with Gasteiger partial charge in [0.1, 0.15) is 0 Å². The molecular weight excluding hydrogens is 366 g/mol. The van der Waals surface area contributed by atoms with Crippen molar-refractivity contribution in [3.63, 3.8) is 0 Å². The topological polar surface area (TPSA) is 49.3 Å². The molecule has 0 spiro atoms. The van der Waals surface area contributed by atoms with Gasteiger partial charge in [0.15, 0.2) is 0 Å². The Morgan fingerprint density at radius 2 is 1.71 bits per heavy atom. The highest BCUT2D eigenvalue weighted by atomic mass is 32.2. The molecule has 0 fully saturated rings. The minimum absolute atomic E-state index is 0.316. The average Bonchev–Trinajstić information content (AvgIpc) is 2.71. The van der Waals surface area contributed by atoms with E-state index in [2.05, 4.69) is 54.1 Å². The summed E-state index contributed by atoms with van der Waals surface area (Å²) < 4.78 is 24.5. The van der Waals surface area contributed by atoms with Crippen molar-refractivity contribution in [2.45, 2.75) is 38.6 Å². The highest BCUT2D eigenvalue weighted by Gasteiger charge is 2.30. The molecule has 28 heavy (non-hydrogen) atoms. The first-order valence-corrected chi connectivity index (χ1v) is 11.0. The van der Waals surface area contributed by atoms with Gasteiger partial charge < -0.3 is 0 Å². The first-order chi connectivity index (χ1) is 13.7. The number of unbranched alkanes of at least 4 members (excludes halogenated alkanes) is 2. The fourth-order valence-corrected chi connectivity index (χ4v) is 4.79. The molecule has 144 valence electrons.